The Balaban J connectivity index is 1.59. The Morgan fingerprint density at radius 2 is 1.86 bits per heavy atom. The molecule has 9 heteroatoms. The first-order chi connectivity index (χ1) is 13.2. The number of carbonyl (C=O) groups excluding carboxylic acids is 1. The van der Waals surface area contributed by atoms with Crippen LogP contribution in [0.2, 0.25) is 0 Å². The summed E-state index contributed by atoms with van der Waals surface area (Å²) in [7, 11) is 0. The third kappa shape index (κ3) is 6.10. The second-order valence-corrected chi connectivity index (χ2v) is 9.36. The molecular formula is C19H35FN6O2. The molecule has 2 aliphatic heterocycles. The van der Waals surface area contributed by atoms with Gasteiger partial charge in [-0.05, 0) is 59.3 Å². The summed E-state index contributed by atoms with van der Waals surface area (Å²) in [6.45, 7) is 8.02. The molecule has 0 radical (unpaired) electrons. The molecule has 0 aromatic heterocycles. The Labute approximate surface area is 166 Å². The van der Waals surface area contributed by atoms with Gasteiger partial charge in [-0.1, -0.05) is 0 Å². The maximum atomic E-state index is 13.4. The van der Waals surface area contributed by atoms with Crippen LogP contribution in [0.1, 0.15) is 66.2 Å². The zero-order valence-electron chi connectivity index (χ0n) is 17.3. The van der Waals surface area contributed by atoms with Crippen LogP contribution in [0, 0.1) is 5.92 Å². The molecule has 0 bridgehead atoms. The number of hydrazine groups is 1. The normalized spacial score (nSPS) is 37.1. The monoisotopic (exact) mass is 398 g/mol. The van der Waals surface area contributed by atoms with Crippen molar-refractivity contribution in [2.75, 3.05) is 0 Å². The van der Waals surface area contributed by atoms with Crippen LogP contribution in [0.5, 0.6) is 0 Å². The number of carbonyl (C=O) groups is 1. The molecule has 4 unspecified atom stereocenters. The molecule has 1 amide bonds. The van der Waals surface area contributed by atoms with Gasteiger partial charge in [0.2, 0.25) is 0 Å². The van der Waals surface area contributed by atoms with E-state index in [2.05, 4.69) is 27.0 Å². The van der Waals surface area contributed by atoms with Crippen molar-refractivity contribution < 1.29 is 14.0 Å². The minimum atomic E-state index is -0.646. The second kappa shape index (κ2) is 9.02. The highest BCUT2D eigenvalue weighted by Gasteiger charge is 2.34. The fourth-order valence-corrected chi connectivity index (χ4v) is 4.02. The van der Waals surface area contributed by atoms with Crippen LogP contribution in [0.15, 0.2) is 4.99 Å². The van der Waals surface area contributed by atoms with Gasteiger partial charge < -0.3 is 5.32 Å². The smallest absolute Gasteiger partial charge is 0.257 e. The number of aliphatic imine (C=N–C) groups is 1. The van der Waals surface area contributed by atoms with E-state index in [0.29, 0.717) is 31.1 Å². The lowest BCUT2D eigenvalue weighted by molar-refractivity contribution is -0.131. The topological polar surface area (TPSA) is 98.8 Å². The van der Waals surface area contributed by atoms with Gasteiger partial charge in [-0.2, -0.15) is 5.48 Å². The molecular weight excluding hydrogens is 363 g/mol. The second-order valence-electron chi connectivity index (χ2n) is 9.36. The molecule has 1 aliphatic carbocycles. The fourth-order valence-electron chi connectivity index (χ4n) is 4.02. The van der Waals surface area contributed by atoms with Gasteiger partial charge in [0.1, 0.15) is 12.3 Å². The van der Waals surface area contributed by atoms with Crippen LogP contribution < -0.4 is 27.0 Å². The first-order valence-corrected chi connectivity index (χ1v) is 10.4. The lowest BCUT2D eigenvalue weighted by Gasteiger charge is -2.28. The summed E-state index contributed by atoms with van der Waals surface area (Å²) in [6, 6.07) is 0.420. The number of nitrogens with zero attached hydrogens (tertiary/aromatic N) is 1. The van der Waals surface area contributed by atoms with Crippen molar-refractivity contribution in [2.45, 2.75) is 102 Å². The number of nitrogens with one attached hydrogen (secondary N) is 5. The van der Waals surface area contributed by atoms with E-state index in [4.69, 9.17) is 9.83 Å². The molecule has 1 saturated carbocycles. The van der Waals surface area contributed by atoms with E-state index < -0.39 is 12.3 Å². The Bertz CT molecular complexity index is 573. The van der Waals surface area contributed by atoms with Gasteiger partial charge in [-0.25, -0.2) is 14.8 Å². The molecule has 2 heterocycles. The van der Waals surface area contributed by atoms with Crippen molar-refractivity contribution in [1.82, 2.24) is 27.0 Å². The van der Waals surface area contributed by atoms with Crippen molar-refractivity contribution >= 4 is 11.9 Å². The molecule has 3 aliphatic rings. The van der Waals surface area contributed by atoms with Gasteiger partial charge in [-0.3, -0.25) is 20.4 Å². The number of hydrogen-bond donors (Lipinski definition) is 5. The molecule has 4 atom stereocenters. The average molecular weight is 399 g/mol. The van der Waals surface area contributed by atoms with Crippen LogP contribution >= 0.6 is 0 Å². The highest BCUT2D eigenvalue weighted by Crippen LogP contribution is 2.31. The minimum Gasteiger partial charge on any atom is -0.351 e. The van der Waals surface area contributed by atoms with E-state index in [0.717, 1.165) is 19.3 Å². The van der Waals surface area contributed by atoms with E-state index in [-0.39, 0.29) is 29.7 Å². The highest BCUT2D eigenvalue weighted by molar-refractivity contribution is 5.99. The number of halogens is 1. The molecule has 3 fully saturated rings. The molecule has 28 heavy (non-hydrogen) atoms. The summed E-state index contributed by atoms with van der Waals surface area (Å²) in [5, 5.41) is 6.15. The maximum Gasteiger partial charge on any atom is 0.257 e. The van der Waals surface area contributed by atoms with Crippen LogP contribution in [0.4, 0.5) is 4.39 Å². The number of hydrogen-bond acceptors (Lipinski definition) is 6. The number of guanidine groups is 1. The Morgan fingerprint density at radius 1 is 1.14 bits per heavy atom. The van der Waals surface area contributed by atoms with Gasteiger partial charge in [0, 0.05) is 30.5 Å². The first kappa shape index (κ1) is 21.4. The average Bonchev–Trinajstić information content (AvgIpc) is 3.23. The fraction of sp³-hybridized carbons (Fsp3) is 0.895. The van der Waals surface area contributed by atoms with E-state index >= 15 is 0 Å². The minimum absolute atomic E-state index is 0.146. The predicted octanol–water partition coefficient (Wildman–Crippen LogP) is 1.25. The molecule has 0 aromatic rings. The quantitative estimate of drug-likeness (QED) is 0.363. The van der Waals surface area contributed by atoms with Gasteiger partial charge >= 0.3 is 0 Å². The van der Waals surface area contributed by atoms with Crippen LogP contribution in [0.3, 0.4) is 0 Å². The van der Waals surface area contributed by atoms with Crippen molar-refractivity contribution in [3.05, 3.63) is 0 Å². The molecule has 3 rings (SSSR count). The summed E-state index contributed by atoms with van der Waals surface area (Å²) in [6.07, 6.45) is 3.22. The van der Waals surface area contributed by atoms with Crippen molar-refractivity contribution in [1.29, 1.82) is 0 Å². The van der Waals surface area contributed by atoms with Gasteiger partial charge in [0.05, 0.1) is 0 Å². The number of alkyl halides is 1. The molecule has 0 aromatic carbocycles. The number of hydroxylamine groups is 1. The van der Waals surface area contributed by atoms with Crippen molar-refractivity contribution in [3.63, 3.8) is 0 Å². The molecule has 2 saturated heterocycles. The maximum absolute atomic E-state index is 13.4. The Hall–Kier alpha value is -1.29. The lowest BCUT2D eigenvalue weighted by Crippen LogP contribution is -2.52. The number of rotatable bonds is 3. The van der Waals surface area contributed by atoms with Crippen molar-refractivity contribution in [2.24, 2.45) is 10.9 Å². The summed E-state index contributed by atoms with van der Waals surface area (Å²) in [5.41, 5.74) is 9.10. The SMILES string of the molecule is CC1CC(C(=O)N/C(=N/C2CC(C3CCC(F)CC3)NN2)NC(C)(C)C)ON1. The van der Waals surface area contributed by atoms with Gasteiger partial charge in [0.25, 0.3) is 5.91 Å². The van der Waals surface area contributed by atoms with E-state index in [1.54, 1.807) is 0 Å². The Kier molecular flexibility index (Phi) is 6.90. The van der Waals surface area contributed by atoms with E-state index in [1.807, 2.05) is 27.7 Å². The highest BCUT2D eigenvalue weighted by atomic mass is 19.1. The van der Waals surface area contributed by atoms with Crippen LogP contribution in [-0.2, 0) is 9.63 Å². The van der Waals surface area contributed by atoms with E-state index in [9.17, 15) is 9.18 Å². The third-order valence-corrected chi connectivity index (χ3v) is 5.47. The molecule has 8 nitrogen and oxygen atoms in total. The summed E-state index contributed by atoms with van der Waals surface area (Å²) >= 11 is 0. The zero-order valence-corrected chi connectivity index (χ0v) is 17.3. The largest absolute Gasteiger partial charge is 0.351 e. The predicted molar refractivity (Wildman–Crippen MR) is 106 cm³/mol. The van der Waals surface area contributed by atoms with Gasteiger partial charge in [-0.15, -0.1) is 0 Å². The number of amides is 1. The zero-order chi connectivity index (χ0) is 20.3. The molecule has 0 spiro atoms. The van der Waals surface area contributed by atoms with E-state index in [1.165, 1.54) is 0 Å². The molecule has 160 valence electrons. The van der Waals surface area contributed by atoms with Crippen LogP contribution in [0.25, 0.3) is 0 Å². The summed E-state index contributed by atoms with van der Waals surface area (Å²) in [4.78, 5) is 22.6. The summed E-state index contributed by atoms with van der Waals surface area (Å²) in [5.74, 6) is 0.692. The van der Waals surface area contributed by atoms with Crippen molar-refractivity contribution in [3.8, 4) is 0 Å². The standard InChI is InChI=1S/C19H35FN6O2/c1-11-9-15(28-26-11)17(27)22-18(23-19(2,3)4)21-16-10-14(24-25-16)12-5-7-13(20)8-6-12/h11-16,24-26H,5-10H2,1-4H3,(H2,21,22,23,27). The summed E-state index contributed by atoms with van der Waals surface area (Å²) < 4.78 is 13.4. The van der Waals surface area contributed by atoms with Crippen LogP contribution in [-0.4, -0.2) is 47.9 Å². The lowest BCUT2D eigenvalue weighted by atomic mass is 9.82. The third-order valence-electron chi connectivity index (χ3n) is 5.47. The first-order valence-electron chi connectivity index (χ1n) is 10.4. The van der Waals surface area contributed by atoms with Gasteiger partial charge in [0.15, 0.2) is 12.1 Å². The Morgan fingerprint density at radius 3 is 2.46 bits per heavy atom. The molecule has 5 N–H and O–H groups in total.